The van der Waals surface area contributed by atoms with Gasteiger partial charge in [0.05, 0.1) is 18.8 Å². The monoisotopic (exact) mass is 415 g/mol. The number of carbonyl (C=O) groups excluding carboxylic acids is 2. The Labute approximate surface area is 172 Å². The maximum absolute atomic E-state index is 12.6. The summed E-state index contributed by atoms with van der Waals surface area (Å²) in [6, 6.07) is 8.91. The molecule has 0 spiro atoms. The minimum absolute atomic E-state index is 0.0582. The van der Waals surface area contributed by atoms with Gasteiger partial charge in [0, 0.05) is 47.8 Å². The number of likely N-dealkylation sites (tertiary alicyclic amines) is 1. The zero-order chi connectivity index (χ0) is 20.4. The van der Waals surface area contributed by atoms with Crippen LogP contribution in [0.25, 0.3) is 10.9 Å². The summed E-state index contributed by atoms with van der Waals surface area (Å²) in [7, 11) is 1.76. The van der Waals surface area contributed by atoms with Crippen LogP contribution in [0.5, 0.6) is 0 Å². The lowest BCUT2D eigenvalue weighted by Gasteiger charge is -2.37. The third-order valence-electron chi connectivity index (χ3n) is 5.27. The molecule has 1 fully saturated rings. The molecule has 1 atom stereocenters. The second kappa shape index (κ2) is 8.16. The number of nitrogens with zero attached hydrogens (tertiary/aromatic N) is 3. The largest absolute Gasteiger partial charge is 0.357 e. The molecule has 3 aromatic rings. The van der Waals surface area contributed by atoms with E-state index in [4.69, 9.17) is 16.1 Å². The molecule has 0 bridgehead atoms. The summed E-state index contributed by atoms with van der Waals surface area (Å²) in [5.41, 5.74) is 1.87. The SMILES string of the molecule is CN(C(=O)NCc1cc2cc(Cl)ccc2[nH]1)C1CCCN(C(=O)c2ccno2)C1. The van der Waals surface area contributed by atoms with Crippen molar-refractivity contribution in [2.75, 3.05) is 20.1 Å². The van der Waals surface area contributed by atoms with E-state index in [1.807, 2.05) is 24.3 Å². The number of aromatic nitrogens is 2. The molecule has 2 N–H and O–H groups in total. The van der Waals surface area contributed by atoms with Gasteiger partial charge in [-0.05, 0) is 37.1 Å². The highest BCUT2D eigenvalue weighted by Gasteiger charge is 2.30. The molecule has 1 aliphatic heterocycles. The van der Waals surface area contributed by atoms with Crippen molar-refractivity contribution < 1.29 is 14.1 Å². The first-order chi connectivity index (χ1) is 14.0. The Bertz CT molecular complexity index is 1020. The summed E-state index contributed by atoms with van der Waals surface area (Å²) in [6.07, 6.45) is 3.12. The molecular formula is C20H22ClN5O3. The molecule has 3 heterocycles. The van der Waals surface area contributed by atoms with Gasteiger partial charge in [0.15, 0.2) is 0 Å². The van der Waals surface area contributed by atoms with Crippen LogP contribution in [-0.2, 0) is 6.54 Å². The number of fused-ring (bicyclic) bond motifs is 1. The predicted octanol–water partition coefficient (Wildman–Crippen LogP) is 3.26. The van der Waals surface area contributed by atoms with Gasteiger partial charge in [-0.25, -0.2) is 4.79 Å². The summed E-state index contributed by atoms with van der Waals surface area (Å²) >= 11 is 6.02. The van der Waals surface area contributed by atoms with Crippen LogP contribution in [0.15, 0.2) is 41.1 Å². The number of halogens is 1. The van der Waals surface area contributed by atoms with E-state index < -0.39 is 0 Å². The van der Waals surface area contributed by atoms with E-state index in [0.29, 0.717) is 24.7 Å². The van der Waals surface area contributed by atoms with Crippen LogP contribution >= 0.6 is 11.6 Å². The highest BCUT2D eigenvalue weighted by atomic mass is 35.5. The summed E-state index contributed by atoms with van der Waals surface area (Å²) in [4.78, 5) is 31.8. The van der Waals surface area contributed by atoms with Crippen molar-refractivity contribution in [1.29, 1.82) is 0 Å². The van der Waals surface area contributed by atoms with Crippen molar-refractivity contribution in [2.24, 2.45) is 0 Å². The van der Waals surface area contributed by atoms with Gasteiger partial charge < -0.3 is 24.6 Å². The summed E-state index contributed by atoms with van der Waals surface area (Å²) in [5.74, 6) is 0.0226. The number of piperidine rings is 1. The van der Waals surface area contributed by atoms with Crippen LogP contribution < -0.4 is 5.32 Å². The molecule has 2 aromatic heterocycles. The Morgan fingerprint density at radius 1 is 1.38 bits per heavy atom. The molecule has 9 heteroatoms. The number of amides is 3. The molecule has 0 saturated carbocycles. The molecule has 4 rings (SSSR count). The van der Waals surface area contributed by atoms with Gasteiger partial charge in [-0.2, -0.15) is 0 Å². The Hall–Kier alpha value is -3.00. The maximum atomic E-state index is 12.6. The predicted molar refractivity (Wildman–Crippen MR) is 109 cm³/mol. The van der Waals surface area contributed by atoms with Gasteiger partial charge >= 0.3 is 6.03 Å². The first kappa shape index (κ1) is 19.3. The van der Waals surface area contributed by atoms with E-state index in [1.54, 1.807) is 22.9 Å². The standard InChI is InChI=1S/C20H22ClN5O3/c1-25(16-3-2-8-26(12-16)19(27)18-6-7-23-29-18)20(28)22-11-15-10-13-9-14(21)4-5-17(13)24-15/h4-7,9-10,16,24H,2-3,8,11-12H2,1H3,(H,22,28). The number of likely N-dealkylation sites (N-methyl/N-ethyl adjacent to an activating group) is 1. The third kappa shape index (κ3) is 4.22. The van der Waals surface area contributed by atoms with Gasteiger partial charge in [0.25, 0.3) is 5.91 Å². The second-order valence-corrected chi connectivity index (χ2v) is 7.66. The summed E-state index contributed by atoms with van der Waals surface area (Å²) in [5, 5.41) is 8.20. The Balaban J connectivity index is 1.34. The van der Waals surface area contributed by atoms with Crippen LogP contribution in [-0.4, -0.2) is 58.1 Å². The number of hydrogen-bond acceptors (Lipinski definition) is 4. The Morgan fingerprint density at radius 3 is 3.03 bits per heavy atom. The second-order valence-electron chi connectivity index (χ2n) is 7.22. The highest BCUT2D eigenvalue weighted by Crippen LogP contribution is 2.20. The molecule has 1 aromatic carbocycles. The molecule has 152 valence electrons. The number of carbonyl (C=O) groups is 2. The molecule has 0 aliphatic carbocycles. The topological polar surface area (TPSA) is 94.5 Å². The number of H-pyrrole nitrogens is 1. The number of aromatic amines is 1. The lowest BCUT2D eigenvalue weighted by Crippen LogP contribution is -2.52. The molecule has 3 amide bonds. The zero-order valence-corrected chi connectivity index (χ0v) is 16.8. The van der Waals surface area contributed by atoms with Crippen molar-refractivity contribution >= 4 is 34.4 Å². The number of nitrogens with one attached hydrogen (secondary N) is 2. The molecule has 0 radical (unpaired) electrons. The van der Waals surface area contributed by atoms with E-state index in [-0.39, 0.29) is 23.7 Å². The molecule has 1 saturated heterocycles. The summed E-state index contributed by atoms with van der Waals surface area (Å²) in [6.45, 7) is 1.49. The normalized spacial score (nSPS) is 16.8. The molecule has 8 nitrogen and oxygen atoms in total. The fraction of sp³-hybridized carbons (Fsp3) is 0.350. The number of hydrogen-bond donors (Lipinski definition) is 2. The molecular weight excluding hydrogens is 394 g/mol. The van der Waals surface area contributed by atoms with E-state index in [1.165, 1.54) is 6.20 Å². The smallest absolute Gasteiger partial charge is 0.317 e. The van der Waals surface area contributed by atoms with Gasteiger partial charge in [0.2, 0.25) is 5.76 Å². The van der Waals surface area contributed by atoms with E-state index in [2.05, 4.69) is 15.5 Å². The van der Waals surface area contributed by atoms with E-state index in [0.717, 1.165) is 29.4 Å². The highest BCUT2D eigenvalue weighted by molar-refractivity contribution is 6.31. The van der Waals surface area contributed by atoms with Gasteiger partial charge in [-0.15, -0.1) is 0 Å². The molecule has 1 aliphatic rings. The zero-order valence-electron chi connectivity index (χ0n) is 16.0. The van der Waals surface area contributed by atoms with Crippen molar-refractivity contribution in [3.05, 3.63) is 53.0 Å². The van der Waals surface area contributed by atoms with Crippen LogP contribution in [0, 0.1) is 0 Å². The fourth-order valence-electron chi connectivity index (χ4n) is 3.66. The summed E-state index contributed by atoms with van der Waals surface area (Å²) < 4.78 is 4.97. The average molecular weight is 416 g/mol. The first-order valence-electron chi connectivity index (χ1n) is 9.49. The van der Waals surface area contributed by atoms with E-state index in [9.17, 15) is 9.59 Å². The van der Waals surface area contributed by atoms with E-state index >= 15 is 0 Å². The van der Waals surface area contributed by atoms with Crippen LogP contribution in [0.2, 0.25) is 5.02 Å². The quantitative estimate of drug-likeness (QED) is 0.683. The lowest BCUT2D eigenvalue weighted by molar-refractivity contribution is 0.0596. The Kier molecular flexibility index (Phi) is 5.44. The molecule has 29 heavy (non-hydrogen) atoms. The Morgan fingerprint density at radius 2 is 2.24 bits per heavy atom. The minimum atomic E-state index is -0.197. The van der Waals surface area contributed by atoms with Gasteiger partial charge in [0.1, 0.15) is 0 Å². The van der Waals surface area contributed by atoms with Gasteiger partial charge in [-0.1, -0.05) is 16.8 Å². The van der Waals surface area contributed by atoms with Crippen LogP contribution in [0.1, 0.15) is 29.1 Å². The first-order valence-corrected chi connectivity index (χ1v) is 9.87. The lowest BCUT2D eigenvalue weighted by atomic mass is 10.0. The van der Waals surface area contributed by atoms with Crippen molar-refractivity contribution in [1.82, 2.24) is 25.3 Å². The van der Waals surface area contributed by atoms with Crippen molar-refractivity contribution in [2.45, 2.75) is 25.4 Å². The number of benzene rings is 1. The third-order valence-corrected chi connectivity index (χ3v) is 5.50. The fourth-order valence-corrected chi connectivity index (χ4v) is 3.84. The minimum Gasteiger partial charge on any atom is -0.357 e. The van der Waals surface area contributed by atoms with Crippen LogP contribution in [0.3, 0.4) is 0 Å². The average Bonchev–Trinajstić information content (AvgIpc) is 3.40. The maximum Gasteiger partial charge on any atom is 0.317 e. The van der Waals surface area contributed by atoms with Gasteiger partial charge in [-0.3, -0.25) is 4.79 Å². The number of rotatable bonds is 4. The van der Waals surface area contributed by atoms with Crippen molar-refractivity contribution in [3.63, 3.8) is 0 Å². The van der Waals surface area contributed by atoms with Crippen molar-refractivity contribution in [3.8, 4) is 0 Å². The van der Waals surface area contributed by atoms with Crippen LogP contribution in [0.4, 0.5) is 4.79 Å². The number of urea groups is 1. The molecule has 1 unspecified atom stereocenters.